The molecule has 1 aromatic rings. The van der Waals surface area contributed by atoms with Crippen LogP contribution in [0.3, 0.4) is 0 Å². The van der Waals surface area contributed by atoms with Crippen LogP contribution < -0.4 is 0 Å². The van der Waals surface area contributed by atoms with Crippen molar-refractivity contribution in [3.05, 3.63) is 24.6 Å². The second-order valence-electron chi connectivity index (χ2n) is 2.10. The van der Waals surface area contributed by atoms with Crippen LogP contribution in [-0.2, 0) is 0 Å². The maximum atomic E-state index is 12.5. The first-order valence-electron chi connectivity index (χ1n) is 3.10. The highest BCUT2D eigenvalue weighted by atomic mass is 127. The first-order valence-corrected chi connectivity index (χ1v) is 5.25. The number of pyridine rings is 1. The summed E-state index contributed by atoms with van der Waals surface area (Å²) in [7, 11) is 0. The molecule has 1 aromatic heterocycles. The second kappa shape index (κ2) is 4.45. The Bertz CT molecular complexity index is 373. The number of rotatable bonds is 1. The van der Waals surface area contributed by atoms with Crippen molar-refractivity contribution >= 4 is 45.2 Å². The van der Waals surface area contributed by atoms with Gasteiger partial charge in [-0.05, 0) is 45.2 Å². The van der Waals surface area contributed by atoms with Gasteiger partial charge in [0.05, 0.1) is 11.1 Å². The second-order valence-corrected chi connectivity index (χ2v) is 4.28. The predicted molar refractivity (Wildman–Crippen MR) is 59.3 cm³/mol. The molecule has 0 bridgehead atoms. The van der Waals surface area contributed by atoms with Crippen LogP contribution in [0.25, 0.3) is 0 Å². The van der Waals surface area contributed by atoms with Crippen molar-refractivity contribution in [3.8, 4) is 6.07 Å². The lowest BCUT2D eigenvalue weighted by Gasteiger charge is -2.05. The van der Waals surface area contributed by atoms with Gasteiger partial charge in [0, 0.05) is 9.77 Å². The van der Waals surface area contributed by atoms with E-state index in [2.05, 4.69) is 4.98 Å². The van der Waals surface area contributed by atoms with Crippen molar-refractivity contribution in [3.63, 3.8) is 0 Å². The first kappa shape index (κ1) is 11.0. The van der Waals surface area contributed by atoms with Gasteiger partial charge in [-0.3, -0.25) is 0 Å². The minimum absolute atomic E-state index is 0.0255. The number of nitrogens with zero attached hydrogens (tertiary/aromatic N) is 2. The fourth-order valence-corrected chi connectivity index (χ4v) is 1.99. The Kier molecular flexibility index (Phi) is 3.78. The van der Waals surface area contributed by atoms with Crippen molar-refractivity contribution in [2.24, 2.45) is 0 Å². The van der Waals surface area contributed by atoms with Gasteiger partial charge in [0.25, 0.3) is 6.43 Å². The van der Waals surface area contributed by atoms with Crippen molar-refractivity contribution in [2.75, 3.05) is 0 Å². The number of nitriles is 1. The molecule has 68 valence electrons. The van der Waals surface area contributed by atoms with Gasteiger partial charge in [-0.1, -0.05) is 0 Å². The van der Waals surface area contributed by atoms with E-state index in [1.54, 1.807) is 51.3 Å². The van der Waals surface area contributed by atoms with E-state index in [-0.39, 0.29) is 11.1 Å². The number of alkyl halides is 2. The number of hydrogen-bond donors (Lipinski definition) is 0. The number of halogens is 4. The average Bonchev–Trinajstić information content (AvgIpc) is 2.07. The molecule has 0 unspecified atom stereocenters. The third kappa shape index (κ3) is 2.25. The minimum Gasteiger partial charge on any atom is -0.248 e. The normalized spacial score (nSPS) is 10.2. The van der Waals surface area contributed by atoms with Gasteiger partial charge < -0.3 is 0 Å². The number of hydrogen-bond acceptors (Lipinski definition) is 2. The predicted octanol–water partition coefficient (Wildman–Crippen LogP) is 3.10. The molecule has 13 heavy (non-hydrogen) atoms. The van der Waals surface area contributed by atoms with Gasteiger partial charge in [-0.2, -0.15) is 5.26 Å². The third-order valence-corrected chi connectivity index (χ3v) is 3.03. The average molecular weight is 406 g/mol. The lowest BCUT2D eigenvalue weighted by atomic mass is 10.2. The summed E-state index contributed by atoms with van der Waals surface area (Å²) < 4.78 is 25.6. The highest BCUT2D eigenvalue weighted by Gasteiger charge is 2.19. The highest BCUT2D eigenvalue weighted by Crippen LogP contribution is 2.29. The molecule has 0 aliphatic carbocycles. The molecular formula is C7H2F2I2N2. The molecule has 0 radical (unpaired) electrons. The molecular weight excluding hydrogens is 404 g/mol. The zero-order chi connectivity index (χ0) is 10.0. The van der Waals surface area contributed by atoms with Gasteiger partial charge in [-0.25, -0.2) is 13.8 Å². The molecule has 0 spiro atoms. The first-order chi connectivity index (χ1) is 6.07. The van der Waals surface area contributed by atoms with E-state index in [1.165, 1.54) is 6.20 Å². The lowest BCUT2D eigenvalue weighted by molar-refractivity contribution is 0.150. The highest BCUT2D eigenvalue weighted by molar-refractivity contribution is 14.1. The summed E-state index contributed by atoms with van der Waals surface area (Å²) in [6.07, 6.45) is -1.29. The Morgan fingerprint density at radius 1 is 1.46 bits per heavy atom. The van der Waals surface area contributed by atoms with Gasteiger partial charge in [0.15, 0.2) is 0 Å². The van der Waals surface area contributed by atoms with E-state index in [0.717, 1.165) is 0 Å². The lowest BCUT2D eigenvalue weighted by Crippen LogP contribution is -1.99. The maximum Gasteiger partial charge on any atom is 0.266 e. The van der Waals surface area contributed by atoms with Crippen molar-refractivity contribution in [1.29, 1.82) is 5.26 Å². The van der Waals surface area contributed by atoms with E-state index in [1.807, 2.05) is 0 Å². The summed E-state index contributed by atoms with van der Waals surface area (Å²) in [4.78, 5) is 3.82. The monoisotopic (exact) mass is 406 g/mol. The molecule has 0 fully saturated rings. The molecule has 0 atom stereocenters. The largest absolute Gasteiger partial charge is 0.266 e. The van der Waals surface area contributed by atoms with Crippen LogP contribution in [0.2, 0.25) is 0 Å². The standard InChI is InChI=1S/C7H2F2I2N2/c8-6(9)5-3(1-12)7(11)13-2-4(5)10/h2,6H. The van der Waals surface area contributed by atoms with Crippen LogP contribution in [0.5, 0.6) is 0 Å². The summed E-state index contributed by atoms with van der Waals surface area (Å²) in [5.41, 5.74) is -0.245. The summed E-state index contributed by atoms with van der Waals surface area (Å²) in [6.45, 7) is 0. The SMILES string of the molecule is N#Cc1c(I)ncc(I)c1C(F)F. The van der Waals surface area contributed by atoms with Crippen LogP contribution in [0.15, 0.2) is 6.20 Å². The molecule has 0 aliphatic heterocycles. The third-order valence-electron chi connectivity index (χ3n) is 1.35. The maximum absolute atomic E-state index is 12.5. The molecule has 0 aromatic carbocycles. The van der Waals surface area contributed by atoms with Crippen LogP contribution >= 0.6 is 45.2 Å². The topological polar surface area (TPSA) is 36.7 Å². The fraction of sp³-hybridized carbons (Fsp3) is 0.143. The number of aromatic nitrogens is 1. The molecule has 1 rings (SSSR count). The van der Waals surface area contributed by atoms with Gasteiger partial charge in [0.1, 0.15) is 9.77 Å². The van der Waals surface area contributed by atoms with Crippen LogP contribution in [0.1, 0.15) is 17.6 Å². The Balaban J connectivity index is 3.46. The van der Waals surface area contributed by atoms with Crippen LogP contribution in [0, 0.1) is 18.6 Å². The molecule has 0 saturated carbocycles. The molecule has 0 amide bonds. The van der Waals surface area contributed by atoms with E-state index in [4.69, 9.17) is 5.26 Å². The Morgan fingerprint density at radius 2 is 2.08 bits per heavy atom. The van der Waals surface area contributed by atoms with Gasteiger partial charge in [0.2, 0.25) is 0 Å². The fourth-order valence-electron chi connectivity index (χ4n) is 0.798. The molecule has 0 aliphatic rings. The van der Waals surface area contributed by atoms with Crippen LogP contribution in [-0.4, -0.2) is 4.98 Å². The van der Waals surface area contributed by atoms with E-state index in [0.29, 0.717) is 7.27 Å². The minimum atomic E-state index is -2.63. The van der Waals surface area contributed by atoms with Gasteiger partial charge >= 0.3 is 0 Å². The molecule has 6 heteroatoms. The summed E-state index contributed by atoms with van der Waals surface area (Å²) in [5.74, 6) is 0. The van der Waals surface area contributed by atoms with E-state index < -0.39 is 6.43 Å². The zero-order valence-electron chi connectivity index (χ0n) is 6.06. The smallest absolute Gasteiger partial charge is 0.248 e. The summed E-state index contributed by atoms with van der Waals surface area (Å²) in [6, 6.07) is 1.73. The van der Waals surface area contributed by atoms with Crippen LogP contribution in [0.4, 0.5) is 8.78 Å². The Hall–Kier alpha value is -0.0400. The van der Waals surface area contributed by atoms with E-state index in [9.17, 15) is 8.78 Å². The van der Waals surface area contributed by atoms with Crippen molar-refractivity contribution in [1.82, 2.24) is 4.98 Å². The molecule has 0 N–H and O–H groups in total. The summed E-state index contributed by atoms with van der Waals surface area (Å²) in [5, 5.41) is 8.64. The Labute approximate surface area is 101 Å². The molecule has 2 nitrogen and oxygen atoms in total. The van der Waals surface area contributed by atoms with E-state index >= 15 is 0 Å². The van der Waals surface area contributed by atoms with Crippen molar-refractivity contribution < 1.29 is 8.78 Å². The quantitative estimate of drug-likeness (QED) is 0.531. The van der Waals surface area contributed by atoms with Crippen molar-refractivity contribution in [2.45, 2.75) is 6.43 Å². The Morgan fingerprint density at radius 3 is 2.46 bits per heavy atom. The van der Waals surface area contributed by atoms with Gasteiger partial charge in [-0.15, -0.1) is 0 Å². The molecule has 0 saturated heterocycles. The zero-order valence-corrected chi connectivity index (χ0v) is 10.4. The summed E-state index contributed by atoms with van der Waals surface area (Å²) >= 11 is 3.51. The molecule has 1 heterocycles.